The molecule has 17 heavy (non-hydrogen) atoms. The highest BCUT2D eigenvalue weighted by Crippen LogP contribution is 2.38. The zero-order valence-electron chi connectivity index (χ0n) is 10.3. The van der Waals surface area contributed by atoms with E-state index in [0.29, 0.717) is 17.8 Å². The van der Waals surface area contributed by atoms with Gasteiger partial charge in [-0.05, 0) is 37.0 Å². The fourth-order valence-electron chi connectivity index (χ4n) is 2.22. The van der Waals surface area contributed by atoms with Gasteiger partial charge in [0.25, 0.3) is 3.12 Å². The normalized spacial score (nSPS) is 32.8. The van der Waals surface area contributed by atoms with Crippen LogP contribution in [0.3, 0.4) is 0 Å². The Morgan fingerprint density at radius 1 is 1.29 bits per heavy atom. The molecule has 1 aliphatic carbocycles. The first kappa shape index (κ1) is 16.0. The summed E-state index contributed by atoms with van der Waals surface area (Å²) in [6.45, 7) is 6.49. The summed E-state index contributed by atoms with van der Waals surface area (Å²) in [5.41, 5.74) is 0. The molecule has 0 aromatic rings. The lowest BCUT2D eigenvalue weighted by Gasteiger charge is -2.35. The monoisotopic (exact) mass is 320 g/mol. The first-order chi connectivity index (χ1) is 7.71. The number of hydrogen-bond acceptors (Lipinski definition) is 2. The summed E-state index contributed by atoms with van der Waals surface area (Å²) in [6, 6.07) is 0. The van der Waals surface area contributed by atoms with E-state index in [2.05, 4.69) is 20.8 Å². The van der Waals surface area contributed by atoms with Gasteiger partial charge in [-0.3, -0.25) is 4.18 Å². The fraction of sp³-hybridized carbons (Fsp3) is 1.00. The van der Waals surface area contributed by atoms with Crippen LogP contribution in [0.1, 0.15) is 40.0 Å². The molecule has 1 unspecified atom stereocenters. The summed E-state index contributed by atoms with van der Waals surface area (Å²) in [7, 11) is 0. The molecule has 0 aliphatic heterocycles. The summed E-state index contributed by atoms with van der Waals surface area (Å²) >= 11 is 14.8. The minimum Gasteiger partial charge on any atom is -0.284 e. The predicted octanol–water partition coefficient (Wildman–Crippen LogP) is 4.46. The minimum absolute atomic E-state index is 0.0763. The van der Waals surface area contributed by atoms with Gasteiger partial charge in [0.1, 0.15) is 0 Å². The third-order valence-corrected chi connectivity index (χ3v) is 5.44. The number of hydrogen-bond donors (Lipinski definition) is 0. The van der Waals surface area contributed by atoms with Gasteiger partial charge in [-0.15, -0.1) is 0 Å². The molecule has 0 radical (unpaired) electrons. The van der Waals surface area contributed by atoms with E-state index in [4.69, 9.17) is 39.0 Å². The molecule has 0 bridgehead atoms. The van der Waals surface area contributed by atoms with Gasteiger partial charge in [-0.1, -0.05) is 55.6 Å². The van der Waals surface area contributed by atoms with Crippen LogP contribution in [0.2, 0.25) is 0 Å². The Balaban J connectivity index is 2.59. The zero-order chi connectivity index (χ0) is 13.2. The molecule has 1 aliphatic rings. The van der Waals surface area contributed by atoms with Crippen molar-refractivity contribution in [2.75, 3.05) is 0 Å². The molecule has 0 N–H and O–H groups in total. The van der Waals surface area contributed by atoms with E-state index in [0.717, 1.165) is 12.8 Å². The molecule has 1 rings (SSSR count). The molecule has 1 saturated carbocycles. The summed E-state index contributed by atoms with van der Waals surface area (Å²) < 4.78 is 15.2. The molecular formula is C11H19Cl3O2S. The Morgan fingerprint density at radius 2 is 1.88 bits per heavy atom. The van der Waals surface area contributed by atoms with Crippen LogP contribution >= 0.6 is 34.8 Å². The van der Waals surface area contributed by atoms with Crippen LogP contribution in [0.4, 0.5) is 0 Å². The van der Waals surface area contributed by atoms with Gasteiger partial charge < -0.3 is 0 Å². The summed E-state index contributed by atoms with van der Waals surface area (Å²) in [4.78, 5) is 0. The molecule has 0 aromatic carbocycles. The molecule has 0 heterocycles. The minimum atomic E-state index is -1.89. The van der Waals surface area contributed by atoms with Gasteiger partial charge in [0, 0.05) is 0 Å². The van der Waals surface area contributed by atoms with E-state index in [1.54, 1.807) is 0 Å². The largest absolute Gasteiger partial charge is 0.292 e. The van der Waals surface area contributed by atoms with Crippen molar-refractivity contribution in [3.05, 3.63) is 0 Å². The first-order valence-corrected chi connectivity index (χ1v) is 8.08. The molecule has 0 spiro atoms. The van der Waals surface area contributed by atoms with Gasteiger partial charge in [-0.25, -0.2) is 4.21 Å². The summed E-state index contributed by atoms with van der Waals surface area (Å²) in [5.74, 6) is 1.57. The maximum Gasteiger partial charge on any atom is 0.292 e. The van der Waals surface area contributed by atoms with Crippen LogP contribution < -0.4 is 0 Å². The van der Waals surface area contributed by atoms with Crippen LogP contribution in [0, 0.1) is 17.8 Å². The van der Waals surface area contributed by atoms with Crippen molar-refractivity contribution in [3.63, 3.8) is 0 Å². The van der Waals surface area contributed by atoms with Crippen LogP contribution in [0.5, 0.6) is 0 Å². The van der Waals surface area contributed by atoms with Crippen molar-refractivity contribution in [3.8, 4) is 0 Å². The summed E-state index contributed by atoms with van der Waals surface area (Å²) in [6.07, 6.45) is 3.09. The fourth-order valence-corrected chi connectivity index (χ4v) is 3.15. The zero-order valence-corrected chi connectivity index (χ0v) is 13.4. The van der Waals surface area contributed by atoms with Crippen molar-refractivity contribution >= 4 is 45.9 Å². The highest BCUT2D eigenvalue weighted by Gasteiger charge is 2.37. The standard InChI is InChI=1S/C11H19Cl3O2S/c1-7(2)9-5-4-8(3)10(6-9)16-17(15)11(12,13)14/h7-10H,4-6H2,1-3H3/t8-,9-,10-,17?/m1/s1. The molecule has 6 heteroatoms. The average Bonchev–Trinajstić information content (AvgIpc) is 2.19. The van der Waals surface area contributed by atoms with E-state index >= 15 is 0 Å². The highest BCUT2D eigenvalue weighted by atomic mass is 35.6. The highest BCUT2D eigenvalue weighted by molar-refractivity contribution is 7.86. The maximum atomic E-state index is 11.6. The second-order valence-electron chi connectivity index (χ2n) is 5.11. The topological polar surface area (TPSA) is 26.3 Å². The quantitative estimate of drug-likeness (QED) is 0.718. The van der Waals surface area contributed by atoms with E-state index in [-0.39, 0.29) is 6.10 Å². The molecule has 1 fully saturated rings. The van der Waals surface area contributed by atoms with Gasteiger partial charge in [-0.2, -0.15) is 0 Å². The third-order valence-electron chi connectivity index (χ3n) is 3.51. The van der Waals surface area contributed by atoms with Gasteiger partial charge in [0.2, 0.25) is 11.1 Å². The lowest BCUT2D eigenvalue weighted by Crippen LogP contribution is -2.34. The summed E-state index contributed by atoms with van der Waals surface area (Å²) in [5, 5.41) is 0. The maximum absolute atomic E-state index is 11.6. The van der Waals surface area contributed by atoms with Gasteiger partial charge >= 0.3 is 0 Å². The van der Waals surface area contributed by atoms with E-state index in [1.165, 1.54) is 6.42 Å². The van der Waals surface area contributed by atoms with Crippen molar-refractivity contribution in [2.45, 2.75) is 49.3 Å². The predicted molar refractivity (Wildman–Crippen MR) is 74.6 cm³/mol. The van der Waals surface area contributed by atoms with Crippen molar-refractivity contribution < 1.29 is 8.39 Å². The van der Waals surface area contributed by atoms with Crippen molar-refractivity contribution in [1.82, 2.24) is 0 Å². The Kier molecular flexibility index (Phi) is 6.06. The molecule has 0 amide bonds. The van der Waals surface area contributed by atoms with E-state index in [9.17, 15) is 4.21 Å². The first-order valence-electron chi connectivity index (χ1n) is 5.87. The lowest BCUT2D eigenvalue weighted by atomic mass is 9.76. The Hall–Kier alpha value is 0.980. The smallest absolute Gasteiger partial charge is 0.284 e. The molecule has 0 saturated heterocycles. The van der Waals surface area contributed by atoms with Crippen molar-refractivity contribution in [1.29, 1.82) is 0 Å². The Morgan fingerprint density at radius 3 is 2.35 bits per heavy atom. The van der Waals surface area contributed by atoms with Gasteiger partial charge in [0.05, 0.1) is 6.10 Å². The van der Waals surface area contributed by atoms with Crippen molar-refractivity contribution in [2.24, 2.45) is 17.8 Å². The molecule has 4 atom stereocenters. The average molecular weight is 322 g/mol. The Labute approximate surface area is 121 Å². The number of rotatable bonds is 3. The lowest BCUT2D eigenvalue weighted by molar-refractivity contribution is 0.0714. The molecule has 102 valence electrons. The van der Waals surface area contributed by atoms with Crippen LogP contribution in [0.15, 0.2) is 0 Å². The number of alkyl halides is 3. The second-order valence-corrected chi connectivity index (χ2v) is 9.34. The SMILES string of the molecule is CC(C)[C@@H]1CC[C@@H](C)[C@H](OS(=O)C(Cl)(Cl)Cl)C1. The van der Waals surface area contributed by atoms with Crippen LogP contribution in [0.25, 0.3) is 0 Å². The van der Waals surface area contributed by atoms with E-state index < -0.39 is 14.2 Å². The van der Waals surface area contributed by atoms with Crippen LogP contribution in [-0.4, -0.2) is 13.4 Å². The molecule has 2 nitrogen and oxygen atoms in total. The second kappa shape index (κ2) is 6.42. The number of halogens is 3. The van der Waals surface area contributed by atoms with Crippen LogP contribution in [-0.2, 0) is 15.3 Å². The van der Waals surface area contributed by atoms with E-state index in [1.807, 2.05) is 0 Å². The van der Waals surface area contributed by atoms with Gasteiger partial charge in [0.15, 0.2) is 0 Å². The Bertz CT molecular complexity index is 278. The molecular weight excluding hydrogens is 303 g/mol. The third kappa shape index (κ3) is 4.87. The molecule has 0 aromatic heterocycles.